The van der Waals surface area contributed by atoms with Gasteiger partial charge in [0.2, 0.25) is 5.88 Å². The third kappa shape index (κ3) is 0.861. The molecule has 0 saturated carbocycles. The summed E-state index contributed by atoms with van der Waals surface area (Å²) >= 11 is 0. The molecule has 1 aromatic rings. The highest BCUT2D eigenvalue weighted by Crippen LogP contribution is 2.29. The molecule has 0 aliphatic carbocycles. The molecule has 0 atom stereocenters. The number of hydrogen-bond donors (Lipinski definition) is 1. The summed E-state index contributed by atoms with van der Waals surface area (Å²) in [5.74, 6) is 0.505. The van der Waals surface area contributed by atoms with Crippen LogP contribution in [0.4, 0.5) is 5.69 Å². The molecule has 0 spiro atoms. The Kier molecular flexibility index (Phi) is 1.33. The molecule has 64 valence electrons. The number of anilines is 1. The molecule has 1 aliphatic heterocycles. The van der Waals surface area contributed by atoms with Crippen molar-refractivity contribution in [2.45, 2.75) is 6.92 Å². The Balaban J connectivity index is 2.51. The molecule has 2 rings (SSSR count). The van der Waals surface area contributed by atoms with Crippen LogP contribution in [0, 0.1) is 6.92 Å². The highest BCUT2D eigenvalue weighted by Gasteiger charge is 2.22. The van der Waals surface area contributed by atoms with Crippen LogP contribution in [0.25, 0.3) is 0 Å². The third-order valence-electron chi connectivity index (χ3n) is 1.77. The van der Waals surface area contributed by atoms with E-state index in [2.05, 4.69) is 10.4 Å². The summed E-state index contributed by atoms with van der Waals surface area (Å²) < 4.78 is 6.79. The Labute approximate surface area is 69.3 Å². The highest BCUT2D eigenvalue weighted by molar-refractivity contribution is 5.95. The maximum Gasteiger partial charge on any atom is 0.262 e. The molecular formula is C7H9N3O2. The Hall–Kier alpha value is -1.52. The Morgan fingerprint density at radius 3 is 3.17 bits per heavy atom. The van der Waals surface area contributed by atoms with Gasteiger partial charge in [0.1, 0.15) is 5.69 Å². The van der Waals surface area contributed by atoms with Gasteiger partial charge in [-0.3, -0.25) is 4.79 Å². The molecule has 2 heterocycles. The summed E-state index contributed by atoms with van der Waals surface area (Å²) in [5, 5.41) is 6.81. The van der Waals surface area contributed by atoms with E-state index in [1.54, 1.807) is 11.7 Å². The number of aromatic nitrogens is 2. The van der Waals surface area contributed by atoms with Crippen molar-refractivity contribution in [2.75, 3.05) is 11.9 Å². The Morgan fingerprint density at radius 1 is 1.67 bits per heavy atom. The lowest BCUT2D eigenvalue weighted by Gasteiger charge is -2.14. The van der Waals surface area contributed by atoms with Gasteiger partial charge in [0, 0.05) is 7.05 Å². The van der Waals surface area contributed by atoms with Gasteiger partial charge in [-0.05, 0) is 6.92 Å². The van der Waals surface area contributed by atoms with Gasteiger partial charge >= 0.3 is 0 Å². The number of carbonyl (C=O) groups is 1. The summed E-state index contributed by atoms with van der Waals surface area (Å²) in [4.78, 5) is 10.9. The van der Waals surface area contributed by atoms with Crippen LogP contribution in [-0.4, -0.2) is 22.3 Å². The van der Waals surface area contributed by atoms with Gasteiger partial charge in [-0.25, -0.2) is 4.68 Å². The van der Waals surface area contributed by atoms with E-state index < -0.39 is 0 Å². The van der Waals surface area contributed by atoms with Gasteiger partial charge in [-0.15, -0.1) is 0 Å². The van der Waals surface area contributed by atoms with Crippen molar-refractivity contribution in [3.05, 3.63) is 5.69 Å². The van der Waals surface area contributed by atoms with Crippen LogP contribution in [-0.2, 0) is 11.8 Å². The molecule has 0 unspecified atom stereocenters. The maximum atomic E-state index is 10.9. The van der Waals surface area contributed by atoms with Crippen LogP contribution < -0.4 is 10.1 Å². The zero-order valence-corrected chi connectivity index (χ0v) is 6.92. The molecule has 0 fully saturated rings. The standard InChI is InChI=1S/C7H9N3O2/c1-4-6-7(10(2)9-4)12-3-5(11)8-6/h3H2,1-2H3,(H,8,11). The topological polar surface area (TPSA) is 56.2 Å². The van der Waals surface area contributed by atoms with Crippen molar-refractivity contribution in [1.82, 2.24) is 9.78 Å². The van der Waals surface area contributed by atoms with E-state index in [0.29, 0.717) is 11.6 Å². The first-order valence-electron chi connectivity index (χ1n) is 3.64. The number of nitrogens with one attached hydrogen (secondary N) is 1. The first kappa shape index (κ1) is 7.15. The summed E-state index contributed by atoms with van der Waals surface area (Å²) in [6, 6.07) is 0. The fourth-order valence-electron chi connectivity index (χ4n) is 1.26. The van der Waals surface area contributed by atoms with Crippen LogP contribution in [0.2, 0.25) is 0 Å². The van der Waals surface area contributed by atoms with E-state index in [0.717, 1.165) is 5.69 Å². The molecule has 12 heavy (non-hydrogen) atoms. The van der Waals surface area contributed by atoms with Gasteiger partial charge in [-0.2, -0.15) is 5.10 Å². The third-order valence-corrected chi connectivity index (χ3v) is 1.77. The largest absolute Gasteiger partial charge is 0.466 e. The lowest BCUT2D eigenvalue weighted by molar-refractivity contribution is -0.118. The molecule has 0 bridgehead atoms. The van der Waals surface area contributed by atoms with Crippen molar-refractivity contribution < 1.29 is 9.53 Å². The lowest BCUT2D eigenvalue weighted by atomic mass is 10.3. The number of fused-ring (bicyclic) bond motifs is 1. The van der Waals surface area contributed by atoms with E-state index in [9.17, 15) is 4.79 Å². The number of aryl methyl sites for hydroxylation is 2. The van der Waals surface area contributed by atoms with Crippen molar-refractivity contribution in [2.24, 2.45) is 7.05 Å². The number of ether oxygens (including phenoxy) is 1. The smallest absolute Gasteiger partial charge is 0.262 e. The van der Waals surface area contributed by atoms with Crippen LogP contribution in [0.3, 0.4) is 0 Å². The van der Waals surface area contributed by atoms with Gasteiger partial charge < -0.3 is 10.1 Å². The molecule has 1 N–H and O–H groups in total. The van der Waals surface area contributed by atoms with Crippen molar-refractivity contribution >= 4 is 11.6 Å². The fourth-order valence-corrected chi connectivity index (χ4v) is 1.26. The summed E-state index contributed by atoms with van der Waals surface area (Å²) in [6.07, 6.45) is 0. The number of amides is 1. The summed E-state index contributed by atoms with van der Waals surface area (Å²) in [6.45, 7) is 1.90. The zero-order valence-electron chi connectivity index (χ0n) is 6.92. The highest BCUT2D eigenvalue weighted by atomic mass is 16.5. The second-order valence-electron chi connectivity index (χ2n) is 2.73. The van der Waals surface area contributed by atoms with Crippen molar-refractivity contribution in [1.29, 1.82) is 0 Å². The number of rotatable bonds is 0. The summed E-state index contributed by atoms with van der Waals surface area (Å²) in [5.41, 5.74) is 1.47. The molecule has 0 radical (unpaired) electrons. The molecule has 1 aromatic heterocycles. The maximum absolute atomic E-state index is 10.9. The van der Waals surface area contributed by atoms with Gasteiger partial charge in [0.05, 0.1) is 5.69 Å². The minimum atomic E-state index is -0.126. The second-order valence-corrected chi connectivity index (χ2v) is 2.73. The van der Waals surface area contributed by atoms with Gasteiger partial charge in [-0.1, -0.05) is 0 Å². The molecule has 1 amide bonds. The fraction of sp³-hybridized carbons (Fsp3) is 0.429. The Morgan fingerprint density at radius 2 is 2.42 bits per heavy atom. The quantitative estimate of drug-likeness (QED) is 0.594. The van der Waals surface area contributed by atoms with Crippen molar-refractivity contribution in [3.63, 3.8) is 0 Å². The van der Waals surface area contributed by atoms with E-state index in [1.807, 2.05) is 6.92 Å². The minimum Gasteiger partial charge on any atom is -0.466 e. The van der Waals surface area contributed by atoms with E-state index in [-0.39, 0.29) is 12.5 Å². The van der Waals surface area contributed by atoms with E-state index in [1.165, 1.54) is 0 Å². The van der Waals surface area contributed by atoms with Crippen LogP contribution in [0.5, 0.6) is 5.88 Å². The normalized spacial score (nSPS) is 15.0. The van der Waals surface area contributed by atoms with Crippen LogP contribution in [0.1, 0.15) is 5.69 Å². The average molecular weight is 167 g/mol. The van der Waals surface area contributed by atoms with Crippen molar-refractivity contribution in [3.8, 4) is 5.88 Å². The second kappa shape index (κ2) is 2.23. The number of nitrogens with zero attached hydrogens (tertiary/aromatic N) is 2. The molecule has 0 aromatic carbocycles. The molecule has 5 nitrogen and oxygen atoms in total. The predicted molar refractivity (Wildman–Crippen MR) is 42.1 cm³/mol. The van der Waals surface area contributed by atoms with E-state index in [4.69, 9.17) is 4.74 Å². The average Bonchev–Trinajstić information content (AvgIpc) is 2.28. The van der Waals surface area contributed by atoms with Gasteiger partial charge in [0.25, 0.3) is 5.91 Å². The monoisotopic (exact) mass is 167 g/mol. The minimum absolute atomic E-state index is 0.0754. The SMILES string of the molecule is Cc1nn(C)c2c1NC(=O)CO2. The van der Waals surface area contributed by atoms with Gasteiger partial charge in [0.15, 0.2) is 6.61 Å². The molecular weight excluding hydrogens is 158 g/mol. The Bertz CT molecular complexity index is 343. The first-order valence-corrected chi connectivity index (χ1v) is 3.64. The molecule has 5 heteroatoms. The predicted octanol–water partition coefficient (Wildman–Crippen LogP) is 0.0594. The number of hydrogen-bond acceptors (Lipinski definition) is 3. The molecule has 0 saturated heterocycles. The zero-order chi connectivity index (χ0) is 8.72. The van der Waals surface area contributed by atoms with Crippen LogP contribution in [0.15, 0.2) is 0 Å². The van der Waals surface area contributed by atoms with E-state index >= 15 is 0 Å². The first-order chi connectivity index (χ1) is 5.68. The number of carbonyl (C=O) groups excluding carboxylic acids is 1. The lowest BCUT2D eigenvalue weighted by Crippen LogP contribution is -2.25. The summed E-state index contributed by atoms with van der Waals surface area (Å²) in [7, 11) is 1.78. The van der Waals surface area contributed by atoms with Crippen LogP contribution >= 0.6 is 0 Å². The molecule has 1 aliphatic rings.